The number of rotatable bonds is 8. The zero-order valence-electron chi connectivity index (χ0n) is 10.9. The summed E-state index contributed by atoms with van der Waals surface area (Å²) >= 11 is 1.58. The molecule has 0 saturated carbocycles. The van der Waals surface area contributed by atoms with E-state index in [0.29, 0.717) is 30.1 Å². The van der Waals surface area contributed by atoms with Gasteiger partial charge in [0.25, 0.3) is 6.47 Å². The Bertz CT molecular complexity index is 433. The zero-order chi connectivity index (χ0) is 14.1. The van der Waals surface area contributed by atoms with Gasteiger partial charge in [0.2, 0.25) is 0 Å². The van der Waals surface area contributed by atoms with Gasteiger partial charge in [-0.1, -0.05) is 6.07 Å². The lowest BCUT2D eigenvalue weighted by Gasteiger charge is -2.10. The lowest BCUT2D eigenvalue weighted by Crippen LogP contribution is -2.09. The van der Waals surface area contributed by atoms with Gasteiger partial charge in [0.15, 0.2) is 11.5 Å². The molecule has 0 bridgehead atoms. The Kier molecular flexibility index (Phi) is 6.81. The molecule has 1 rings (SSSR count). The van der Waals surface area contributed by atoms with E-state index < -0.39 is 0 Å². The number of hydrogen-bond acceptors (Lipinski definition) is 6. The Morgan fingerprint density at radius 1 is 1.37 bits per heavy atom. The monoisotopic (exact) mass is 284 g/mol. The molecule has 1 aromatic carbocycles. The van der Waals surface area contributed by atoms with Gasteiger partial charge in [-0.15, -0.1) is 0 Å². The molecule has 5 nitrogen and oxygen atoms in total. The summed E-state index contributed by atoms with van der Waals surface area (Å²) in [5, 5.41) is 0. The van der Waals surface area contributed by atoms with Crippen LogP contribution in [0.4, 0.5) is 0 Å². The van der Waals surface area contributed by atoms with E-state index in [1.165, 1.54) is 7.11 Å². The summed E-state index contributed by atoms with van der Waals surface area (Å²) < 4.78 is 15.0. The van der Waals surface area contributed by atoms with E-state index in [2.05, 4.69) is 4.74 Å². The molecule has 0 amide bonds. The molecular formula is C13H16O5S. The van der Waals surface area contributed by atoms with Crippen LogP contribution in [0.3, 0.4) is 0 Å². The van der Waals surface area contributed by atoms with Crippen LogP contribution in [0.25, 0.3) is 0 Å². The van der Waals surface area contributed by atoms with E-state index >= 15 is 0 Å². The molecule has 0 aliphatic rings. The summed E-state index contributed by atoms with van der Waals surface area (Å²) in [5.74, 6) is 1.21. The highest BCUT2D eigenvalue weighted by atomic mass is 32.2. The molecule has 0 aromatic heterocycles. The molecular weight excluding hydrogens is 268 g/mol. The molecule has 104 valence electrons. The van der Waals surface area contributed by atoms with Gasteiger partial charge >= 0.3 is 5.97 Å². The molecule has 0 fully saturated rings. The Labute approximate surface area is 116 Å². The minimum absolute atomic E-state index is 0.153. The van der Waals surface area contributed by atoms with Gasteiger partial charge in [-0.25, -0.2) is 0 Å². The highest BCUT2D eigenvalue weighted by molar-refractivity contribution is 7.98. The van der Waals surface area contributed by atoms with E-state index in [0.717, 1.165) is 5.56 Å². The third-order valence-electron chi connectivity index (χ3n) is 2.28. The minimum Gasteiger partial charge on any atom is -0.493 e. The molecule has 6 heteroatoms. The van der Waals surface area contributed by atoms with E-state index in [1.54, 1.807) is 30.0 Å². The molecule has 19 heavy (non-hydrogen) atoms. The first-order valence-electron chi connectivity index (χ1n) is 5.63. The number of carbonyl (C=O) groups is 2. The number of hydrogen-bond donors (Lipinski definition) is 0. The number of benzene rings is 1. The van der Waals surface area contributed by atoms with Crippen LogP contribution in [0, 0.1) is 0 Å². The maximum atomic E-state index is 11.5. The van der Waals surface area contributed by atoms with Gasteiger partial charge in [-0.2, -0.15) is 11.8 Å². The van der Waals surface area contributed by atoms with Crippen molar-refractivity contribution in [3.8, 4) is 11.5 Å². The smallest absolute Gasteiger partial charge is 0.312 e. The second-order valence-corrected chi connectivity index (χ2v) is 4.59. The number of esters is 1. The summed E-state index contributed by atoms with van der Waals surface area (Å²) in [7, 11) is 1.49. The van der Waals surface area contributed by atoms with Gasteiger partial charge in [0, 0.05) is 5.75 Å². The zero-order valence-corrected chi connectivity index (χ0v) is 11.7. The summed E-state index contributed by atoms with van der Waals surface area (Å²) in [6.45, 7) is 0.531. The van der Waals surface area contributed by atoms with E-state index in [9.17, 15) is 9.59 Å². The number of carbonyl (C=O) groups excluding carboxylic acids is 2. The Morgan fingerprint density at radius 2 is 2.16 bits per heavy atom. The van der Waals surface area contributed by atoms with Crippen LogP contribution in [0.1, 0.15) is 12.0 Å². The Hall–Kier alpha value is -1.69. The molecule has 0 radical (unpaired) electrons. The Morgan fingerprint density at radius 3 is 2.79 bits per heavy atom. The molecule has 0 atom stereocenters. The first kappa shape index (κ1) is 15.4. The van der Waals surface area contributed by atoms with Crippen molar-refractivity contribution < 1.29 is 23.8 Å². The topological polar surface area (TPSA) is 61.8 Å². The van der Waals surface area contributed by atoms with Crippen LogP contribution < -0.4 is 9.47 Å². The van der Waals surface area contributed by atoms with Crippen molar-refractivity contribution in [1.29, 1.82) is 0 Å². The van der Waals surface area contributed by atoms with E-state index in [1.807, 2.05) is 6.26 Å². The number of ether oxygens (including phenoxy) is 3. The van der Waals surface area contributed by atoms with Crippen LogP contribution in [0.5, 0.6) is 11.5 Å². The fraction of sp³-hybridized carbons (Fsp3) is 0.385. The van der Waals surface area contributed by atoms with Crippen LogP contribution in [-0.4, -0.2) is 31.6 Å². The van der Waals surface area contributed by atoms with Crippen LogP contribution >= 0.6 is 11.8 Å². The van der Waals surface area contributed by atoms with E-state index in [4.69, 9.17) is 9.47 Å². The fourth-order valence-electron chi connectivity index (χ4n) is 1.38. The highest BCUT2D eigenvalue weighted by Crippen LogP contribution is 2.28. The van der Waals surface area contributed by atoms with Crippen LogP contribution in [0.15, 0.2) is 18.2 Å². The first-order chi connectivity index (χ1) is 9.21. The number of thioether (sulfide) groups is 1. The van der Waals surface area contributed by atoms with Gasteiger partial charge in [-0.3, -0.25) is 9.59 Å². The predicted octanol–water partition coefficient (Wildman–Crippen LogP) is 2.03. The van der Waals surface area contributed by atoms with E-state index in [-0.39, 0.29) is 12.6 Å². The molecule has 0 spiro atoms. The maximum absolute atomic E-state index is 11.5. The third kappa shape index (κ3) is 5.21. The van der Waals surface area contributed by atoms with Crippen molar-refractivity contribution in [2.24, 2.45) is 0 Å². The van der Waals surface area contributed by atoms with Gasteiger partial charge < -0.3 is 14.2 Å². The summed E-state index contributed by atoms with van der Waals surface area (Å²) in [6.07, 6.45) is 2.27. The van der Waals surface area contributed by atoms with Crippen LogP contribution in [-0.2, 0) is 20.9 Å². The highest BCUT2D eigenvalue weighted by Gasteiger charge is 2.10. The van der Waals surface area contributed by atoms with Crippen molar-refractivity contribution in [2.75, 3.05) is 19.1 Å². The standard InChI is InChI=1S/C13H16O5S/c1-16-12-7-10(8-17-9-14)3-4-11(12)18-13(15)5-6-19-2/h3-4,7,9H,5-6,8H2,1-2H3. The SMILES string of the molecule is COc1cc(COC=O)ccc1OC(=O)CCSC. The predicted molar refractivity (Wildman–Crippen MR) is 72.5 cm³/mol. The largest absolute Gasteiger partial charge is 0.493 e. The van der Waals surface area contributed by atoms with Crippen molar-refractivity contribution in [3.05, 3.63) is 23.8 Å². The summed E-state index contributed by atoms with van der Waals surface area (Å²) in [6, 6.07) is 5.00. The molecule has 0 unspecified atom stereocenters. The van der Waals surface area contributed by atoms with Crippen molar-refractivity contribution in [1.82, 2.24) is 0 Å². The van der Waals surface area contributed by atoms with Crippen molar-refractivity contribution in [3.63, 3.8) is 0 Å². The average molecular weight is 284 g/mol. The lowest BCUT2D eigenvalue weighted by molar-refractivity contribution is -0.134. The van der Waals surface area contributed by atoms with Crippen LogP contribution in [0.2, 0.25) is 0 Å². The molecule has 0 saturated heterocycles. The van der Waals surface area contributed by atoms with Gasteiger partial charge in [-0.05, 0) is 24.0 Å². The van der Waals surface area contributed by atoms with Gasteiger partial charge in [0.1, 0.15) is 6.61 Å². The summed E-state index contributed by atoms with van der Waals surface area (Å²) in [4.78, 5) is 21.7. The molecule has 0 aliphatic heterocycles. The van der Waals surface area contributed by atoms with Gasteiger partial charge in [0.05, 0.1) is 13.5 Å². The quantitative estimate of drug-likeness (QED) is 0.413. The number of methoxy groups -OCH3 is 1. The average Bonchev–Trinajstić information content (AvgIpc) is 2.43. The maximum Gasteiger partial charge on any atom is 0.312 e. The molecule has 1 aromatic rings. The normalized spacial score (nSPS) is 9.79. The first-order valence-corrected chi connectivity index (χ1v) is 7.02. The molecule has 0 aliphatic carbocycles. The van der Waals surface area contributed by atoms with Crippen molar-refractivity contribution in [2.45, 2.75) is 13.0 Å². The van der Waals surface area contributed by atoms with Crippen molar-refractivity contribution >= 4 is 24.2 Å². The second-order valence-electron chi connectivity index (χ2n) is 3.61. The third-order valence-corrected chi connectivity index (χ3v) is 2.89. The summed E-state index contributed by atoms with van der Waals surface area (Å²) in [5.41, 5.74) is 0.757. The molecule has 0 heterocycles. The lowest BCUT2D eigenvalue weighted by atomic mass is 10.2. The fourth-order valence-corrected chi connectivity index (χ4v) is 1.75. The molecule has 0 N–H and O–H groups in total. The second kappa shape index (κ2) is 8.42. The Balaban J connectivity index is 2.72. The minimum atomic E-state index is -0.301.